The van der Waals surface area contributed by atoms with Crippen molar-refractivity contribution < 1.29 is 0 Å². The van der Waals surface area contributed by atoms with Crippen LogP contribution >= 0.6 is 0 Å². The van der Waals surface area contributed by atoms with Gasteiger partial charge in [0.05, 0.1) is 0 Å². The van der Waals surface area contributed by atoms with E-state index in [9.17, 15) is 0 Å². The van der Waals surface area contributed by atoms with Gasteiger partial charge in [0, 0.05) is 37.3 Å². The van der Waals surface area contributed by atoms with E-state index in [1.807, 2.05) is 0 Å². The summed E-state index contributed by atoms with van der Waals surface area (Å²) in [7, 11) is 2.09. The van der Waals surface area contributed by atoms with Gasteiger partial charge < -0.3 is 5.32 Å². The van der Waals surface area contributed by atoms with E-state index in [1.54, 1.807) is 0 Å². The largest absolute Gasteiger partial charge is 0.318 e. The molecule has 0 bridgehead atoms. The van der Waals surface area contributed by atoms with Crippen LogP contribution in [-0.2, 0) is 0 Å². The van der Waals surface area contributed by atoms with Crippen molar-refractivity contribution in [3.05, 3.63) is 0 Å². The van der Waals surface area contributed by atoms with E-state index in [4.69, 9.17) is 0 Å². The van der Waals surface area contributed by atoms with Gasteiger partial charge in [0.2, 0.25) is 0 Å². The molecular weight excluding hydrogens is 210 g/mol. The second-order valence-electron chi connectivity index (χ2n) is 6.26. The Morgan fingerprint density at radius 3 is 2.65 bits per heavy atom. The molecule has 0 aromatic heterocycles. The minimum atomic E-state index is 0.802. The molecule has 0 radical (unpaired) electrons. The van der Waals surface area contributed by atoms with Gasteiger partial charge in [-0.25, -0.2) is 0 Å². The van der Waals surface area contributed by atoms with Gasteiger partial charge in [-0.1, -0.05) is 0 Å². The maximum atomic E-state index is 3.37. The second kappa shape index (κ2) is 4.87. The summed E-state index contributed by atoms with van der Waals surface area (Å²) in [6, 6.07) is 3.41. The first-order valence-corrected chi connectivity index (χ1v) is 7.45. The molecule has 0 amide bonds. The molecule has 3 nitrogen and oxygen atoms in total. The van der Waals surface area contributed by atoms with Gasteiger partial charge in [0.25, 0.3) is 0 Å². The number of likely N-dealkylation sites (N-methyl/N-ethyl adjacent to an activating group) is 1. The molecule has 0 aromatic rings. The lowest BCUT2D eigenvalue weighted by Crippen LogP contribution is -2.44. The minimum Gasteiger partial charge on any atom is -0.318 e. The summed E-state index contributed by atoms with van der Waals surface area (Å²) in [6.45, 7) is 6.28. The van der Waals surface area contributed by atoms with Crippen LogP contribution in [0, 0.1) is 0 Å². The van der Waals surface area contributed by atoms with Crippen LogP contribution in [0.5, 0.6) is 0 Å². The van der Waals surface area contributed by atoms with Gasteiger partial charge in [-0.3, -0.25) is 9.80 Å². The highest BCUT2D eigenvalue weighted by molar-refractivity contribution is 4.99. The summed E-state index contributed by atoms with van der Waals surface area (Å²) in [5, 5.41) is 3.37. The van der Waals surface area contributed by atoms with Gasteiger partial charge in [-0.05, 0) is 52.6 Å². The Hall–Kier alpha value is -0.120. The third kappa shape index (κ3) is 2.38. The van der Waals surface area contributed by atoms with Gasteiger partial charge >= 0.3 is 0 Å². The number of nitrogens with one attached hydrogen (secondary N) is 1. The van der Waals surface area contributed by atoms with E-state index in [2.05, 4.69) is 29.1 Å². The minimum absolute atomic E-state index is 0.802. The van der Waals surface area contributed by atoms with E-state index in [0.717, 1.165) is 24.2 Å². The summed E-state index contributed by atoms with van der Waals surface area (Å²) in [4.78, 5) is 5.58. The average molecular weight is 237 g/mol. The predicted molar refractivity (Wildman–Crippen MR) is 71.2 cm³/mol. The lowest BCUT2D eigenvalue weighted by molar-refractivity contribution is 0.173. The van der Waals surface area contributed by atoms with Crippen molar-refractivity contribution in [2.75, 3.05) is 26.7 Å². The highest BCUT2D eigenvalue weighted by Crippen LogP contribution is 2.36. The number of rotatable bonds is 4. The third-order valence-corrected chi connectivity index (χ3v) is 4.95. The molecule has 1 N–H and O–H groups in total. The molecule has 2 aliphatic heterocycles. The van der Waals surface area contributed by atoms with E-state index >= 15 is 0 Å². The topological polar surface area (TPSA) is 18.5 Å². The first-order valence-electron chi connectivity index (χ1n) is 7.45. The predicted octanol–water partition coefficient (Wildman–Crippen LogP) is 1.30. The van der Waals surface area contributed by atoms with Crippen molar-refractivity contribution in [1.82, 2.24) is 15.1 Å². The summed E-state index contributed by atoms with van der Waals surface area (Å²) >= 11 is 0. The fraction of sp³-hybridized carbons (Fsp3) is 1.00. The zero-order valence-corrected chi connectivity index (χ0v) is 11.4. The SMILES string of the molecule is CNCC1CCCN1C1CC(C)N(C2CC2)C1. The highest BCUT2D eigenvalue weighted by atomic mass is 15.3. The van der Waals surface area contributed by atoms with Crippen molar-refractivity contribution in [2.24, 2.45) is 0 Å². The van der Waals surface area contributed by atoms with Crippen molar-refractivity contribution >= 4 is 0 Å². The van der Waals surface area contributed by atoms with Crippen molar-refractivity contribution in [2.45, 2.75) is 63.2 Å². The van der Waals surface area contributed by atoms with Crippen molar-refractivity contribution in [1.29, 1.82) is 0 Å². The van der Waals surface area contributed by atoms with Gasteiger partial charge in [0.15, 0.2) is 0 Å². The molecule has 3 rings (SSSR count). The molecule has 2 heterocycles. The summed E-state index contributed by atoms with van der Waals surface area (Å²) < 4.78 is 0. The van der Waals surface area contributed by atoms with Gasteiger partial charge in [-0.2, -0.15) is 0 Å². The highest BCUT2D eigenvalue weighted by Gasteiger charge is 2.42. The molecule has 3 aliphatic rings. The molecule has 3 unspecified atom stereocenters. The molecule has 3 fully saturated rings. The number of nitrogens with zero attached hydrogens (tertiary/aromatic N) is 2. The number of hydrogen-bond acceptors (Lipinski definition) is 3. The number of likely N-dealkylation sites (tertiary alicyclic amines) is 2. The van der Waals surface area contributed by atoms with Crippen LogP contribution in [0.3, 0.4) is 0 Å². The maximum absolute atomic E-state index is 3.37. The fourth-order valence-corrected chi connectivity index (χ4v) is 3.98. The van der Waals surface area contributed by atoms with Crippen molar-refractivity contribution in [3.8, 4) is 0 Å². The molecule has 98 valence electrons. The molecule has 0 spiro atoms. The Balaban J connectivity index is 1.60. The molecule has 2 saturated heterocycles. The van der Waals surface area contributed by atoms with E-state index in [1.165, 1.54) is 51.7 Å². The number of hydrogen-bond donors (Lipinski definition) is 1. The molecule has 17 heavy (non-hydrogen) atoms. The average Bonchev–Trinajstić information content (AvgIpc) is 2.93. The molecular formula is C14H27N3. The Kier molecular flexibility index (Phi) is 3.42. The smallest absolute Gasteiger partial charge is 0.0241 e. The second-order valence-corrected chi connectivity index (χ2v) is 6.26. The van der Waals surface area contributed by atoms with Crippen molar-refractivity contribution in [3.63, 3.8) is 0 Å². The van der Waals surface area contributed by atoms with E-state index in [-0.39, 0.29) is 0 Å². The summed E-state index contributed by atoms with van der Waals surface area (Å²) in [6.07, 6.45) is 7.11. The Bertz CT molecular complexity index is 264. The first kappa shape index (κ1) is 11.9. The lowest BCUT2D eigenvalue weighted by Gasteiger charge is -2.30. The Morgan fingerprint density at radius 1 is 1.12 bits per heavy atom. The molecule has 3 atom stereocenters. The zero-order chi connectivity index (χ0) is 11.8. The monoisotopic (exact) mass is 237 g/mol. The van der Waals surface area contributed by atoms with Crippen LogP contribution in [-0.4, -0.2) is 60.6 Å². The van der Waals surface area contributed by atoms with Gasteiger partial charge in [-0.15, -0.1) is 0 Å². The maximum Gasteiger partial charge on any atom is 0.0241 e. The summed E-state index contributed by atoms with van der Waals surface area (Å²) in [5.74, 6) is 0. The van der Waals surface area contributed by atoms with E-state index < -0.39 is 0 Å². The van der Waals surface area contributed by atoms with Crippen LogP contribution in [0.2, 0.25) is 0 Å². The molecule has 1 aliphatic carbocycles. The van der Waals surface area contributed by atoms with Crippen LogP contribution < -0.4 is 5.32 Å². The molecule has 1 saturated carbocycles. The third-order valence-electron chi connectivity index (χ3n) is 4.95. The Labute approximate surface area is 106 Å². The lowest BCUT2D eigenvalue weighted by atomic mass is 10.1. The first-order chi connectivity index (χ1) is 8.29. The molecule has 0 aromatic carbocycles. The zero-order valence-electron chi connectivity index (χ0n) is 11.4. The molecule has 3 heteroatoms. The van der Waals surface area contributed by atoms with Crippen LogP contribution in [0.4, 0.5) is 0 Å². The van der Waals surface area contributed by atoms with Crippen LogP contribution in [0.1, 0.15) is 39.0 Å². The Morgan fingerprint density at radius 2 is 1.94 bits per heavy atom. The van der Waals surface area contributed by atoms with E-state index in [0.29, 0.717) is 0 Å². The van der Waals surface area contributed by atoms with Crippen LogP contribution in [0.25, 0.3) is 0 Å². The summed E-state index contributed by atoms with van der Waals surface area (Å²) in [5.41, 5.74) is 0. The normalized spacial score (nSPS) is 40.2. The quantitative estimate of drug-likeness (QED) is 0.795. The fourth-order valence-electron chi connectivity index (χ4n) is 3.98. The van der Waals surface area contributed by atoms with Gasteiger partial charge in [0.1, 0.15) is 0 Å². The van der Waals surface area contributed by atoms with Crippen LogP contribution in [0.15, 0.2) is 0 Å². The standard InChI is InChI=1S/C14H27N3/c1-11-8-14(10-17(11)12-5-6-12)16-7-3-4-13(16)9-15-2/h11-15H,3-10H2,1-2H3.